The first kappa shape index (κ1) is 15.2. The third-order valence-corrected chi connectivity index (χ3v) is 3.45. The number of hydrogen-bond acceptors (Lipinski definition) is 3. The molecule has 0 aromatic heterocycles. The first-order chi connectivity index (χ1) is 8.76. The van der Waals surface area contributed by atoms with Gasteiger partial charge in [-0.1, -0.05) is 32.3 Å². The molecule has 1 heterocycles. The highest BCUT2D eigenvalue weighted by molar-refractivity contribution is 5.82. The molecule has 0 bridgehead atoms. The lowest BCUT2D eigenvalue weighted by molar-refractivity contribution is -0.144. The van der Waals surface area contributed by atoms with Crippen molar-refractivity contribution in [1.82, 2.24) is 0 Å². The highest BCUT2D eigenvalue weighted by Crippen LogP contribution is 2.17. The molecule has 0 saturated heterocycles. The summed E-state index contributed by atoms with van der Waals surface area (Å²) in [5.41, 5.74) is 0. The van der Waals surface area contributed by atoms with Crippen LogP contribution in [0.5, 0.6) is 0 Å². The largest absolute Gasteiger partial charge is 0.459 e. The van der Waals surface area contributed by atoms with Gasteiger partial charge < -0.3 is 9.47 Å². The Morgan fingerprint density at radius 2 is 2.17 bits per heavy atom. The second-order valence-corrected chi connectivity index (χ2v) is 4.98. The summed E-state index contributed by atoms with van der Waals surface area (Å²) in [6, 6.07) is 0. The van der Waals surface area contributed by atoms with Crippen molar-refractivity contribution in [3.63, 3.8) is 0 Å². The van der Waals surface area contributed by atoms with Crippen molar-refractivity contribution in [2.24, 2.45) is 0 Å². The summed E-state index contributed by atoms with van der Waals surface area (Å²) in [4.78, 5) is 11.1. The van der Waals surface area contributed by atoms with Gasteiger partial charge in [0.25, 0.3) is 0 Å². The van der Waals surface area contributed by atoms with Gasteiger partial charge in [0.1, 0.15) is 6.10 Å². The molecule has 1 aliphatic heterocycles. The van der Waals surface area contributed by atoms with Gasteiger partial charge in [-0.25, -0.2) is 4.79 Å². The van der Waals surface area contributed by atoms with Crippen molar-refractivity contribution < 1.29 is 14.3 Å². The summed E-state index contributed by atoms with van der Waals surface area (Å²) in [5.74, 6) is -0.197. The van der Waals surface area contributed by atoms with E-state index >= 15 is 0 Å². The second kappa shape index (κ2) is 9.15. The fourth-order valence-electron chi connectivity index (χ4n) is 2.32. The molecule has 3 heteroatoms. The summed E-state index contributed by atoms with van der Waals surface area (Å²) in [7, 11) is 1.79. The van der Waals surface area contributed by atoms with Crippen molar-refractivity contribution in [3.05, 3.63) is 12.2 Å². The third kappa shape index (κ3) is 6.20. The van der Waals surface area contributed by atoms with Gasteiger partial charge in [-0.05, 0) is 25.7 Å². The van der Waals surface area contributed by atoms with E-state index < -0.39 is 0 Å². The van der Waals surface area contributed by atoms with Gasteiger partial charge in [0, 0.05) is 19.6 Å². The van der Waals surface area contributed by atoms with Crippen LogP contribution in [0.15, 0.2) is 12.2 Å². The van der Waals surface area contributed by atoms with Gasteiger partial charge in [0.2, 0.25) is 0 Å². The van der Waals surface area contributed by atoms with E-state index in [-0.39, 0.29) is 12.1 Å². The van der Waals surface area contributed by atoms with E-state index in [2.05, 4.69) is 6.92 Å². The number of cyclic esters (lactones) is 1. The van der Waals surface area contributed by atoms with Crippen LogP contribution in [0.3, 0.4) is 0 Å². The lowest BCUT2D eigenvalue weighted by atomic mass is 10.0. The Labute approximate surface area is 111 Å². The molecule has 0 aromatic rings. The van der Waals surface area contributed by atoms with Crippen LogP contribution >= 0.6 is 0 Å². The van der Waals surface area contributed by atoms with Crippen molar-refractivity contribution in [3.8, 4) is 0 Å². The molecule has 0 spiro atoms. The third-order valence-electron chi connectivity index (χ3n) is 3.45. The zero-order valence-corrected chi connectivity index (χ0v) is 11.7. The molecule has 1 rings (SSSR count). The Bertz CT molecular complexity index is 260. The van der Waals surface area contributed by atoms with Crippen LogP contribution in [-0.2, 0) is 14.3 Å². The molecule has 2 atom stereocenters. The normalized spacial score (nSPS) is 20.8. The van der Waals surface area contributed by atoms with Crippen molar-refractivity contribution in [2.75, 3.05) is 7.11 Å². The molecule has 0 fully saturated rings. The number of unbranched alkanes of at least 4 members (excludes halogenated alkanes) is 2. The van der Waals surface area contributed by atoms with E-state index in [9.17, 15) is 4.79 Å². The van der Waals surface area contributed by atoms with Gasteiger partial charge in [0.05, 0.1) is 6.10 Å². The molecule has 3 nitrogen and oxygen atoms in total. The van der Waals surface area contributed by atoms with Gasteiger partial charge in [-0.15, -0.1) is 0 Å². The fraction of sp³-hybridized carbons (Fsp3) is 0.800. The molecular formula is C15H26O3. The molecule has 1 aliphatic rings. The maximum absolute atomic E-state index is 11.1. The van der Waals surface area contributed by atoms with Gasteiger partial charge in [-0.3, -0.25) is 0 Å². The molecule has 0 radical (unpaired) electrons. The van der Waals surface area contributed by atoms with Crippen LogP contribution < -0.4 is 0 Å². The first-order valence-electron chi connectivity index (χ1n) is 7.16. The van der Waals surface area contributed by atoms with Gasteiger partial charge in [0.15, 0.2) is 0 Å². The monoisotopic (exact) mass is 254 g/mol. The molecule has 104 valence electrons. The average Bonchev–Trinajstić information content (AvgIpc) is 2.37. The van der Waals surface area contributed by atoms with Crippen LogP contribution in [0.2, 0.25) is 0 Å². The van der Waals surface area contributed by atoms with Gasteiger partial charge in [-0.2, -0.15) is 0 Å². The maximum atomic E-state index is 11.1. The van der Waals surface area contributed by atoms with E-state index in [1.165, 1.54) is 25.3 Å². The number of ether oxygens (including phenoxy) is 2. The molecule has 0 aliphatic carbocycles. The molecule has 0 saturated carbocycles. The average molecular weight is 254 g/mol. The van der Waals surface area contributed by atoms with E-state index in [4.69, 9.17) is 9.47 Å². The van der Waals surface area contributed by atoms with Crippen LogP contribution in [-0.4, -0.2) is 25.3 Å². The Hall–Kier alpha value is -0.830. The SMILES string of the molecule is CCCCC[C@@H](CCC[C@H]1CC=CC(=O)O1)OC. The summed E-state index contributed by atoms with van der Waals surface area (Å²) < 4.78 is 10.7. The fourth-order valence-corrected chi connectivity index (χ4v) is 2.32. The molecule has 0 N–H and O–H groups in total. The first-order valence-corrected chi connectivity index (χ1v) is 7.16. The van der Waals surface area contributed by atoms with E-state index in [0.717, 1.165) is 32.1 Å². The minimum absolute atomic E-state index is 0.0793. The topological polar surface area (TPSA) is 35.5 Å². The number of hydrogen-bond donors (Lipinski definition) is 0. The molecule has 0 aromatic carbocycles. The summed E-state index contributed by atoms with van der Waals surface area (Å²) in [6.07, 6.45) is 12.7. The molecule has 0 unspecified atom stereocenters. The van der Waals surface area contributed by atoms with Crippen LogP contribution in [0.1, 0.15) is 58.3 Å². The van der Waals surface area contributed by atoms with E-state index in [1.54, 1.807) is 7.11 Å². The highest BCUT2D eigenvalue weighted by Gasteiger charge is 2.16. The second-order valence-electron chi connectivity index (χ2n) is 4.98. The maximum Gasteiger partial charge on any atom is 0.330 e. The predicted octanol–water partition coefficient (Wildman–Crippen LogP) is 3.62. The van der Waals surface area contributed by atoms with Crippen LogP contribution in [0, 0.1) is 0 Å². The lowest BCUT2D eigenvalue weighted by Gasteiger charge is -2.20. The van der Waals surface area contributed by atoms with Crippen LogP contribution in [0.25, 0.3) is 0 Å². The molecular weight excluding hydrogens is 228 g/mol. The Kier molecular flexibility index (Phi) is 7.74. The number of methoxy groups -OCH3 is 1. The highest BCUT2D eigenvalue weighted by atomic mass is 16.5. The summed E-state index contributed by atoms with van der Waals surface area (Å²) in [6.45, 7) is 2.22. The Balaban J connectivity index is 2.11. The zero-order chi connectivity index (χ0) is 13.2. The van der Waals surface area contributed by atoms with E-state index in [0.29, 0.717) is 6.10 Å². The van der Waals surface area contributed by atoms with Crippen molar-refractivity contribution in [1.29, 1.82) is 0 Å². The van der Waals surface area contributed by atoms with Crippen molar-refractivity contribution >= 4 is 5.97 Å². The van der Waals surface area contributed by atoms with Crippen molar-refractivity contribution in [2.45, 2.75) is 70.5 Å². The number of rotatable bonds is 9. The number of esters is 1. The lowest BCUT2D eigenvalue weighted by Crippen LogP contribution is -2.20. The van der Waals surface area contributed by atoms with Gasteiger partial charge >= 0.3 is 5.97 Å². The summed E-state index contributed by atoms with van der Waals surface area (Å²) >= 11 is 0. The van der Waals surface area contributed by atoms with Crippen LogP contribution in [0.4, 0.5) is 0 Å². The van der Waals surface area contributed by atoms with E-state index in [1.807, 2.05) is 6.08 Å². The molecule has 18 heavy (non-hydrogen) atoms. The standard InChI is InChI=1S/C15H26O3/c1-3-4-5-8-13(17-2)9-6-10-14-11-7-12-15(16)18-14/h7,12-14H,3-6,8-11H2,1-2H3/t13-,14-/m0/s1. The zero-order valence-electron chi connectivity index (χ0n) is 11.7. The predicted molar refractivity (Wildman–Crippen MR) is 72.4 cm³/mol. The number of carbonyl (C=O) groups is 1. The number of carbonyl (C=O) groups excluding carboxylic acids is 1. The quantitative estimate of drug-likeness (QED) is 0.465. The summed E-state index contributed by atoms with van der Waals surface area (Å²) in [5, 5.41) is 0. The Morgan fingerprint density at radius 3 is 2.83 bits per heavy atom. The minimum atomic E-state index is -0.197. The smallest absolute Gasteiger partial charge is 0.330 e. The minimum Gasteiger partial charge on any atom is -0.459 e. The Morgan fingerprint density at radius 1 is 1.39 bits per heavy atom. The molecule has 0 amide bonds.